The summed E-state index contributed by atoms with van der Waals surface area (Å²) < 4.78 is 5.32. The SMILES string of the molecule is COc1ccc2nc(C3=N[C@@H](C(=O)O)CS3)cc(CN(C)C)c2c1. The first-order valence-electron chi connectivity index (χ1n) is 7.54. The molecule has 1 aromatic heterocycles. The van der Waals surface area contributed by atoms with E-state index < -0.39 is 12.0 Å². The van der Waals surface area contributed by atoms with Gasteiger partial charge in [-0.2, -0.15) is 0 Å². The summed E-state index contributed by atoms with van der Waals surface area (Å²) in [5.41, 5.74) is 2.70. The Balaban J connectivity index is 2.10. The summed E-state index contributed by atoms with van der Waals surface area (Å²) in [5, 5.41) is 10.8. The van der Waals surface area contributed by atoms with Crippen molar-refractivity contribution >= 4 is 33.7 Å². The number of pyridine rings is 1. The topological polar surface area (TPSA) is 75.0 Å². The molecule has 126 valence electrons. The number of hydrogen-bond acceptors (Lipinski definition) is 6. The first-order valence-corrected chi connectivity index (χ1v) is 8.52. The number of aliphatic carboxylic acids is 1. The fourth-order valence-electron chi connectivity index (χ4n) is 2.62. The number of methoxy groups -OCH3 is 1. The highest BCUT2D eigenvalue weighted by Gasteiger charge is 2.26. The standard InChI is InChI=1S/C17H19N3O3S/c1-20(2)8-10-6-14(16-19-15(9-24-16)17(21)22)18-13-5-4-11(23-3)7-12(10)13/h4-7,15H,8-9H2,1-3H3,(H,21,22)/t15-/m1/s1. The van der Waals surface area contributed by atoms with Crippen LogP contribution in [0.1, 0.15) is 11.3 Å². The van der Waals surface area contributed by atoms with Crippen LogP contribution in [0.2, 0.25) is 0 Å². The number of fused-ring (bicyclic) bond motifs is 1. The highest BCUT2D eigenvalue weighted by atomic mass is 32.2. The number of benzene rings is 1. The first-order chi connectivity index (χ1) is 11.5. The lowest BCUT2D eigenvalue weighted by Gasteiger charge is -2.14. The van der Waals surface area contributed by atoms with Gasteiger partial charge in [-0.3, -0.25) is 4.99 Å². The molecule has 0 radical (unpaired) electrons. The maximum absolute atomic E-state index is 11.1. The molecule has 24 heavy (non-hydrogen) atoms. The van der Waals surface area contributed by atoms with Gasteiger partial charge in [0, 0.05) is 17.7 Å². The summed E-state index contributed by atoms with van der Waals surface area (Å²) in [6.45, 7) is 0.749. The van der Waals surface area contributed by atoms with Crippen molar-refractivity contribution < 1.29 is 14.6 Å². The molecule has 1 aliphatic heterocycles. The van der Waals surface area contributed by atoms with Crippen LogP contribution in [0.15, 0.2) is 29.3 Å². The average molecular weight is 345 g/mol. The predicted octanol–water partition coefficient (Wildman–Crippen LogP) is 2.25. The molecule has 2 heterocycles. The lowest BCUT2D eigenvalue weighted by atomic mass is 10.1. The first kappa shape index (κ1) is 16.7. The second kappa shape index (κ2) is 6.78. The molecule has 0 amide bonds. The summed E-state index contributed by atoms with van der Waals surface area (Å²) >= 11 is 1.44. The Hall–Kier alpha value is -2.12. The number of carboxylic acids is 1. The lowest BCUT2D eigenvalue weighted by Crippen LogP contribution is -2.17. The van der Waals surface area contributed by atoms with Crippen molar-refractivity contribution in [2.24, 2.45) is 4.99 Å². The number of ether oxygens (including phenoxy) is 1. The van der Waals surface area contributed by atoms with Crippen molar-refractivity contribution in [1.29, 1.82) is 0 Å². The van der Waals surface area contributed by atoms with E-state index in [2.05, 4.69) is 14.9 Å². The molecule has 0 aliphatic carbocycles. The number of aliphatic imine (C=N–C) groups is 1. The number of aromatic nitrogens is 1. The smallest absolute Gasteiger partial charge is 0.329 e. The highest BCUT2D eigenvalue weighted by Crippen LogP contribution is 2.28. The largest absolute Gasteiger partial charge is 0.497 e. The van der Waals surface area contributed by atoms with Gasteiger partial charge in [0.15, 0.2) is 6.04 Å². The zero-order chi connectivity index (χ0) is 17.3. The minimum Gasteiger partial charge on any atom is -0.497 e. The summed E-state index contributed by atoms with van der Waals surface area (Å²) in [5.74, 6) is 0.350. The number of thioether (sulfide) groups is 1. The van der Waals surface area contributed by atoms with Gasteiger partial charge in [0.05, 0.1) is 18.3 Å². The molecule has 0 spiro atoms. The molecule has 0 saturated carbocycles. The van der Waals surface area contributed by atoms with Gasteiger partial charge in [-0.05, 0) is 43.9 Å². The van der Waals surface area contributed by atoms with Gasteiger partial charge in [-0.1, -0.05) is 0 Å². The minimum atomic E-state index is -0.892. The van der Waals surface area contributed by atoms with Crippen molar-refractivity contribution in [1.82, 2.24) is 9.88 Å². The van der Waals surface area contributed by atoms with E-state index in [1.54, 1.807) is 7.11 Å². The third-order valence-corrected chi connectivity index (χ3v) is 4.81. The fraction of sp³-hybridized carbons (Fsp3) is 0.353. The monoisotopic (exact) mass is 345 g/mol. The summed E-state index contributed by atoms with van der Waals surface area (Å²) in [6, 6.07) is 7.09. The number of carbonyl (C=O) groups is 1. The van der Waals surface area contributed by atoms with Crippen LogP contribution in [-0.2, 0) is 11.3 Å². The van der Waals surface area contributed by atoms with Crippen LogP contribution >= 0.6 is 11.8 Å². The number of rotatable bonds is 5. The molecule has 2 aromatic rings. The third-order valence-electron chi connectivity index (χ3n) is 3.74. The zero-order valence-electron chi connectivity index (χ0n) is 13.8. The predicted molar refractivity (Wildman–Crippen MR) is 96.1 cm³/mol. The molecule has 0 saturated heterocycles. The van der Waals surface area contributed by atoms with E-state index >= 15 is 0 Å². The van der Waals surface area contributed by atoms with Gasteiger partial charge >= 0.3 is 5.97 Å². The van der Waals surface area contributed by atoms with Crippen molar-refractivity contribution in [3.05, 3.63) is 35.5 Å². The zero-order valence-corrected chi connectivity index (χ0v) is 14.6. The molecule has 1 aromatic carbocycles. The molecule has 7 heteroatoms. The van der Waals surface area contributed by atoms with Crippen molar-refractivity contribution in [3.8, 4) is 5.75 Å². The van der Waals surface area contributed by atoms with Crippen LogP contribution in [-0.4, -0.2) is 59.0 Å². The van der Waals surface area contributed by atoms with Gasteiger partial charge in [-0.25, -0.2) is 9.78 Å². The van der Waals surface area contributed by atoms with E-state index in [1.807, 2.05) is 38.4 Å². The van der Waals surface area contributed by atoms with Crippen LogP contribution in [0.5, 0.6) is 5.75 Å². The molecule has 0 unspecified atom stereocenters. The van der Waals surface area contributed by atoms with Crippen LogP contribution in [0.4, 0.5) is 0 Å². The van der Waals surface area contributed by atoms with Crippen LogP contribution < -0.4 is 4.74 Å². The molecule has 0 bridgehead atoms. The van der Waals surface area contributed by atoms with Gasteiger partial charge < -0.3 is 14.7 Å². The van der Waals surface area contributed by atoms with Crippen LogP contribution in [0.25, 0.3) is 10.9 Å². The van der Waals surface area contributed by atoms with Crippen molar-refractivity contribution in [3.63, 3.8) is 0 Å². The van der Waals surface area contributed by atoms with Crippen molar-refractivity contribution in [2.45, 2.75) is 12.6 Å². The van der Waals surface area contributed by atoms with E-state index in [0.717, 1.165) is 34.5 Å². The Morgan fingerprint density at radius 2 is 2.21 bits per heavy atom. The third kappa shape index (κ3) is 3.37. The maximum atomic E-state index is 11.1. The number of nitrogens with zero attached hydrogens (tertiary/aromatic N) is 3. The van der Waals surface area contributed by atoms with E-state index in [1.165, 1.54) is 11.8 Å². The van der Waals surface area contributed by atoms with E-state index in [-0.39, 0.29) is 0 Å². The molecular formula is C17H19N3O3S. The Kier molecular flexibility index (Phi) is 4.73. The van der Waals surface area contributed by atoms with Crippen LogP contribution in [0, 0.1) is 0 Å². The second-order valence-electron chi connectivity index (χ2n) is 5.89. The highest BCUT2D eigenvalue weighted by molar-refractivity contribution is 8.14. The average Bonchev–Trinajstić information content (AvgIpc) is 3.04. The number of carboxylic acid groups (broad SMARTS) is 1. The van der Waals surface area contributed by atoms with Crippen LogP contribution in [0.3, 0.4) is 0 Å². The molecule has 1 N–H and O–H groups in total. The normalized spacial score (nSPS) is 17.3. The van der Waals surface area contributed by atoms with Gasteiger partial charge in [0.25, 0.3) is 0 Å². The molecule has 6 nitrogen and oxygen atoms in total. The van der Waals surface area contributed by atoms with Gasteiger partial charge in [-0.15, -0.1) is 11.8 Å². The molecule has 1 aliphatic rings. The lowest BCUT2D eigenvalue weighted by molar-refractivity contribution is -0.137. The molecule has 0 fully saturated rings. The van der Waals surface area contributed by atoms with Gasteiger partial charge in [0.2, 0.25) is 0 Å². The quantitative estimate of drug-likeness (QED) is 0.896. The second-order valence-corrected chi connectivity index (χ2v) is 6.90. The Morgan fingerprint density at radius 1 is 1.42 bits per heavy atom. The number of hydrogen-bond donors (Lipinski definition) is 1. The summed E-state index contributed by atoms with van der Waals surface area (Å²) in [4.78, 5) is 22.2. The van der Waals surface area contributed by atoms with Crippen molar-refractivity contribution in [2.75, 3.05) is 27.0 Å². The molecule has 3 rings (SSSR count). The minimum absolute atomic E-state index is 0.454. The van der Waals surface area contributed by atoms with Gasteiger partial charge in [0.1, 0.15) is 10.8 Å². The fourth-order valence-corrected chi connectivity index (χ4v) is 3.61. The Labute approximate surface area is 144 Å². The Morgan fingerprint density at radius 3 is 2.83 bits per heavy atom. The maximum Gasteiger partial charge on any atom is 0.329 e. The van der Waals surface area contributed by atoms with E-state index in [0.29, 0.717) is 10.8 Å². The summed E-state index contributed by atoms with van der Waals surface area (Å²) in [7, 11) is 5.66. The Bertz CT molecular complexity index is 820. The van der Waals surface area contributed by atoms with E-state index in [4.69, 9.17) is 9.84 Å². The summed E-state index contributed by atoms with van der Waals surface area (Å²) in [6.07, 6.45) is 0. The molecule has 1 atom stereocenters. The molecular weight excluding hydrogens is 326 g/mol. The van der Waals surface area contributed by atoms with E-state index in [9.17, 15) is 4.79 Å².